The molecule has 0 radical (unpaired) electrons. The number of ether oxygens (including phenoxy) is 2. The zero-order chi connectivity index (χ0) is 13.8. The Morgan fingerprint density at radius 3 is 2.90 bits per heavy atom. The molecule has 0 aromatic heterocycles. The molecule has 2 unspecified atom stereocenters. The van der Waals surface area contributed by atoms with Crippen LogP contribution in [-0.2, 0) is 0 Å². The third-order valence-corrected chi connectivity index (χ3v) is 4.13. The van der Waals surface area contributed by atoms with Gasteiger partial charge in [-0.2, -0.15) is 0 Å². The van der Waals surface area contributed by atoms with E-state index in [0.717, 1.165) is 24.6 Å². The summed E-state index contributed by atoms with van der Waals surface area (Å²) in [6.07, 6.45) is 3.71. The Hall–Kier alpha value is -1.26. The summed E-state index contributed by atoms with van der Waals surface area (Å²) in [5, 5.41) is 7.20. The zero-order valence-electron chi connectivity index (χ0n) is 12.2. The van der Waals surface area contributed by atoms with Gasteiger partial charge in [0.15, 0.2) is 11.5 Å². The Morgan fingerprint density at radius 2 is 2.00 bits per heavy atom. The highest BCUT2D eigenvalue weighted by Crippen LogP contribution is 2.32. The topological polar surface area (TPSA) is 42.5 Å². The molecule has 110 valence electrons. The summed E-state index contributed by atoms with van der Waals surface area (Å²) in [5.41, 5.74) is 1.27. The summed E-state index contributed by atoms with van der Waals surface area (Å²) < 4.78 is 11.2. The van der Waals surface area contributed by atoms with Crippen molar-refractivity contribution in [3.8, 4) is 11.5 Å². The molecule has 0 bridgehead atoms. The molecule has 3 rings (SSSR count). The maximum absolute atomic E-state index is 5.66. The lowest BCUT2D eigenvalue weighted by Gasteiger charge is -2.24. The molecule has 0 saturated carbocycles. The predicted molar refractivity (Wildman–Crippen MR) is 79.5 cm³/mol. The van der Waals surface area contributed by atoms with Crippen molar-refractivity contribution in [2.24, 2.45) is 0 Å². The maximum atomic E-state index is 5.66. The Labute approximate surface area is 120 Å². The van der Waals surface area contributed by atoms with E-state index in [4.69, 9.17) is 9.47 Å². The van der Waals surface area contributed by atoms with Gasteiger partial charge in [0, 0.05) is 12.1 Å². The Kier molecular flexibility index (Phi) is 4.43. The van der Waals surface area contributed by atoms with Gasteiger partial charge >= 0.3 is 0 Å². The first-order valence-corrected chi connectivity index (χ1v) is 7.69. The highest BCUT2D eigenvalue weighted by Gasteiger charge is 2.18. The fourth-order valence-electron chi connectivity index (χ4n) is 2.96. The second-order valence-electron chi connectivity index (χ2n) is 5.67. The van der Waals surface area contributed by atoms with E-state index in [0.29, 0.717) is 25.3 Å². The van der Waals surface area contributed by atoms with Crippen LogP contribution in [-0.4, -0.2) is 32.3 Å². The number of hydrogen-bond donors (Lipinski definition) is 2. The molecule has 2 N–H and O–H groups in total. The summed E-state index contributed by atoms with van der Waals surface area (Å²) in [4.78, 5) is 0. The van der Waals surface area contributed by atoms with E-state index < -0.39 is 0 Å². The van der Waals surface area contributed by atoms with Gasteiger partial charge in [-0.25, -0.2) is 0 Å². The van der Waals surface area contributed by atoms with Crippen molar-refractivity contribution in [3.05, 3.63) is 23.8 Å². The van der Waals surface area contributed by atoms with E-state index in [1.54, 1.807) is 0 Å². The molecule has 2 aliphatic rings. The van der Waals surface area contributed by atoms with Crippen molar-refractivity contribution in [1.82, 2.24) is 10.6 Å². The summed E-state index contributed by atoms with van der Waals surface area (Å²) in [5.74, 6) is 1.75. The van der Waals surface area contributed by atoms with E-state index in [2.05, 4.69) is 29.7 Å². The first-order valence-electron chi connectivity index (χ1n) is 7.69. The lowest BCUT2D eigenvalue weighted by Crippen LogP contribution is -2.32. The molecule has 4 nitrogen and oxygen atoms in total. The van der Waals surface area contributed by atoms with Gasteiger partial charge in [-0.15, -0.1) is 0 Å². The lowest BCUT2D eigenvalue weighted by atomic mass is 10.0. The molecule has 2 heterocycles. The second-order valence-corrected chi connectivity index (χ2v) is 5.67. The first-order chi connectivity index (χ1) is 9.83. The average Bonchev–Trinajstić information content (AvgIpc) is 2.75. The van der Waals surface area contributed by atoms with Gasteiger partial charge in [0.1, 0.15) is 13.2 Å². The van der Waals surface area contributed by atoms with Crippen LogP contribution in [0.1, 0.15) is 37.8 Å². The molecule has 1 saturated heterocycles. The third kappa shape index (κ3) is 3.25. The second kappa shape index (κ2) is 6.46. The standard InChI is InChI=1S/C16H24N2O2/c1-12(18-14-3-2-7-17-8-6-14)13-4-5-15-16(11-13)20-10-9-19-15/h4-5,11-12,14,17-18H,2-3,6-10H2,1H3. The first kappa shape index (κ1) is 13.7. The van der Waals surface area contributed by atoms with Crippen LogP contribution in [0.4, 0.5) is 0 Å². The normalized spacial score (nSPS) is 23.9. The minimum absolute atomic E-state index is 0.342. The molecule has 1 fully saturated rings. The Bertz CT molecular complexity index is 442. The van der Waals surface area contributed by atoms with E-state index in [-0.39, 0.29) is 0 Å². The van der Waals surface area contributed by atoms with Gasteiger partial charge in [0.25, 0.3) is 0 Å². The van der Waals surface area contributed by atoms with Crippen molar-refractivity contribution < 1.29 is 9.47 Å². The summed E-state index contributed by atoms with van der Waals surface area (Å²) in [6.45, 7) is 5.79. The quantitative estimate of drug-likeness (QED) is 0.888. The van der Waals surface area contributed by atoms with Crippen LogP contribution in [0.3, 0.4) is 0 Å². The number of fused-ring (bicyclic) bond motifs is 1. The van der Waals surface area contributed by atoms with Crippen LogP contribution < -0.4 is 20.1 Å². The smallest absolute Gasteiger partial charge is 0.161 e. The molecule has 1 aromatic rings. The summed E-state index contributed by atoms with van der Waals surface area (Å²) in [7, 11) is 0. The van der Waals surface area contributed by atoms with Crippen LogP contribution in [0.2, 0.25) is 0 Å². The fraction of sp³-hybridized carbons (Fsp3) is 0.625. The van der Waals surface area contributed by atoms with Crippen molar-refractivity contribution in [1.29, 1.82) is 0 Å². The van der Waals surface area contributed by atoms with E-state index in [9.17, 15) is 0 Å². The van der Waals surface area contributed by atoms with Crippen LogP contribution in [0.25, 0.3) is 0 Å². The van der Waals surface area contributed by atoms with E-state index >= 15 is 0 Å². The Morgan fingerprint density at radius 1 is 1.15 bits per heavy atom. The zero-order valence-corrected chi connectivity index (χ0v) is 12.2. The third-order valence-electron chi connectivity index (χ3n) is 4.13. The molecule has 2 aliphatic heterocycles. The van der Waals surface area contributed by atoms with Crippen molar-refractivity contribution in [3.63, 3.8) is 0 Å². The molecule has 4 heteroatoms. The Balaban J connectivity index is 1.65. The fourth-order valence-corrected chi connectivity index (χ4v) is 2.96. The number of hydrogen-bond acceptors (Lipinski definition) is 4. The van der Waals surface area contributed by atoms with Gasteiger partial charge in [0.05, 0.1) is 0 Å². The predicted octanol–water partition coefficient (Wildman–Crippen LogP) is 2.25. The number of rotatable bonds is 3. The molecule has 2 atom stereocenters. The monoisotopic (exact) mass is 276 g/mol. The summed E-state index contributed by atoms with van der Waals surface area (Å²) in [6, 6.07) is 7.22. The highest BCUT2D eigenvalue weighted by molar-refractivity contribution is 5.44. The van der Waals surface area contributed by atoms with Crippen molar-refractivity contribution in [2.45, 2.75) is 38.3 Å². The molecule has 0 spiro atoms. The lowest BCUT2D eigenvalue weighted by molar-refractivity contribution is 0.171. The average molecular weight is 276 g/mol. The molecular weight excluding hydrogens is 252 g/mol. The minimum Gasteiger partial charge on any atom is -0.486 e. The molecular formula is C16H24N2O2. The molecule has 0 aliphatic carbocycles. The van der Waals surface area contributed by atoms with Gasteiger partial charge in [0.2, 0.25) is 0 Å². The van der Waals surface area contributed by atoms with Crippen molar-refractivity contribution in [2.75, 3.05) is 26.3 Å². The number of benzene rings is 1. The van der Waals surface area contributed by atoms with Crippen LogP contribution in [0.15, 0.2) is 18.2 Å². The summed E-state index contributed by atoms with van der Waals surface area (Å²) >= 11 is 0. The van der Waals surface area contributed by atoms with Crippen LogP contribution >= 0.6 is 0 Å². The SMILES string of the molecule is CC(NC1CCCNCC1)c1ccc2c(c1)OCCO2. The molecule has 1 aromatic carbocycles. The van der Waals surface area contributed by atoms with E-state index in [1.807, 2.05) is 6.07 Å². The minimum atomic E-state index is 0.342. The molecule has 0 amide bonds. The molecule has 20 heavy (non-hydrogen) atoms. The van der Waals surface area contributed by atoms with Gasteiger partial charge in [-0.05, 0) is 57.0 Å². The van der Waals surface area contributed by atoms with Gasteiger partial charge in [-0.3, -0.25) is 0 Å². The number of nitrogens with one attached hydrogen (secondary N) is 2. The van der Waals surface area contributed by atoms with Crippen LogP contribution in [0, 0.1) is 0 Å². The maximum Gasteiger partial charge on any atom is 0.161 e. The van der Waals surface area contributed by atoms with Gasteiger partial charge in [-0.1, -0.05) is 6.07 Å². The van der Waals surface area contributed by atoms with E-state index in [1.165, 1.54) is 24.8 Å². The van der Waals surface area contributed by atoms with Crippen LogP contribution in [0.5, 0.6) is 11.5 Å². The van der Waals surface area contributed by atoms with Gasteiger partial charge < -0.3 is 20.1 Å². The largest absolute Gasteiger partial charge is 0.486 e. The highest BCUT2D eigenvalue weighted by atomic mass is 16.6. The van der Waals surface area contributed by atoms with Crippen molar-refractivity contribution >= 4 is 0 Å².